The second kappa shape index (κ2) is 7.00. The Bertz CT molecular complexity index is 448. The normalized spacial score (nSPS) is 17.6. The number of carbonyl (C=O) groups excluding carboxylic acids is 1. The zero-order valence-corrected chi connectivity index (χ0v) is 12.9. The predicted molar refractivity (Wildman–Crippen MR) is 82.8 cm³/mol. The van der Waals surface area contributed by atoms with E-state index in [1.165, 1.54) is 11.1 Å². The van der Waals surface area contributed by atoms with Gasteiger partial charge < -0.3 is 4.90 Å². The summed E-state index contributed by atoms with van der Waals surface area (Å²) in [7, 11) is 2.17. The van der Waals surface area contributed by atoms with Crippen LogP contribution >= 0.6 is 0 Å². The number of hydrogen-bond acceptors (Lipinski definition) is 3. The van der Waals surface area contributed by atoms with Crippen LogP contribution in [0.5, 0.6) is 0 Å². The molecule has 1 aliphatic heterocycles. The number of piperazine rings is 1. The minimum absolute atomic E-state index is 0.117. The second-order valence-corrected chi connectivity index (χ2v) is 6.15. The molecule has 0 aliphatic carbocycles. The van der Waals surface area contributed by atoms with Crippen molar-refractivity contribution in [3.8, 4) is 0 Å². The molecule has 2 rings (SSSR count). The molecule has 3 nitrogen and oxygen atoms in total. The van der Waals surface area contributed by atoms with E-state index in [0.29, 0.717) is 12.2 Å². The lowest BCUT2D eigenvalue weighted by atomic mass is 9.97. The Labute approximate surface area is 122 Å². The number of ketones is 1. The third-order valence-electron chi connectivity index (χ3n) is 4.12. The zero-order valence-electron chi connectivity index (χ0n) is 12.9. The molecule has 1 aromatic rings. The van der Waals surface area contributed by atoms with Crippen molar-refractivity contribution in [2.45, 2.75) is 26.8 Å². The second-order valence-electron chi connectivity index (χ2n) is 6.15. The molecular weight excluding hydrogens is 248 g/mol. The number of benzene rings is 1. The quantitative estimate of drug-likeness (QED) is 0.822. The molecule has 1 aromatic carbocycles. The van der Waals surface area contributed by atoms with Gasteiger partial charge in [-0.25, -0.2) is 0 Å². The van der Waals surface area contributed by atoms with Gasteiger partial charge in [0.15, 0.2) is 0 Å². The Morgan fingerprint density at radius 1 is 1.10 bits per heavy atom. The van der Waals surface area contributed by atoms with Gasteiger partial charge in [0.25, 0.3) is 0 Å². The summed E-state index contributed by atoms with van der Waals surface area (Å²) in [4.78, 5) is 16.8. The van der Waals surface area contributed by atoms with Gasteiger partial charge in [0.05, 0.1) is 0 Å². The molecule has 0 amide bonds. The highest BCUT2D eigenvalue weighted by Crippen LogP contribution is 2.15. The molecule has 1 saturated heterocycles. The largest absolute Gasteiger partial charge is 0.304 e. The minimum atomic E-state index is 0.117. The number of nitrogens with zero attached hydrogens (tertiary/aromatic N) is 2. The smallest absolute Gasteiger partial charge is 0.139 e. The fourth-order valence-corrected chi connectivity index (χ4v) is 2.52. The van der Waals surface area contributed by atoms with Crippen molar-refractivity contribution < 1.29 is 4.79 Å². The Balaban J connectivity index is 2.02. The third kappa shape index (κ3) is 4.15. The average molecular weight is 274 g/mol. The maximum Gasteiger partial charge on any atom is 0.139 e. The first-order valence-corrected chi connectivity index (χ1v) is 7.56. The van der Waals surface area contributed by atoms with Crippen molar-refractivity contribution in [3.05, 3.63) is 35.4 Å². The SMILES string of the molecule is CC(C)C(=O)Cc1ccccc1CN1CCN(C)CC1. The summed E-state index contributed by atoms with van der Waals surface area (Å²) >= 11 is 0. The first kappa shape index (κ1) is 15.2. The van der Waals surface area contributed by atoms with Crippen LogP contribution in [0.2, 0.25) is 0 Å². The van der Waals surface area contributed by atoms with E-state index in [9.17, 15) is 4.79 Å². The molecule has 0 radical (unpaired) electrons. The molecular formula is C17H26N2O. The molecule has 20 heavy (non-hydrogen) atoms. The molecule has 110 valence electrons. The van der Waals surface area contributed by atoms with E-state index >= 15 is 0 Å². The summed E-state index contributed by atoms with van der Waals surface area (Å²) in [6.07, 6.45) is 0.571. The van der Waals surface area contributed by atoms with E-state index in [2.05, 4.69) is 35.0 Å². The topological polar surface area (TPSA) is 23.6 Å². The molecule has 0 aromatic heterocycles. The highest BCUT2D eigenvalue weighted by molar-refractivity contribution is 5.82. The molecule has 0 unspecified atom stereocenters. The van der Waals surface area contributed by atoms with Crippen LogP contribution in [-0.2, 0) is 17.8 Å². The molecule has 1 fully saturated rings. The van der Waals surface area contributed by atoms with Gasteiger partial charge in [0.2, 0.25) is 0 Å². The lowest BCUT2D eigenvalue weighted by Gasteiger charge is -2.32. The maximum absolute atomic E-state index is 12.0. The lowest BCUT2D eigenvalue weighted by molar-refractivity contribution is -0.121. The van der Waals surface area contributed by atoms with Crippen LogP contribution in [0.15, 0.2) is 24.3 Å². The van der Waals surface area contributed by atoms with E-state index in [4.69, 9.17) is 0 Å². The van der Waals surface area contributed by atoms with Gasteiger partial charge in [-0.2, -0.15) is 0 Å². The van der Waals surface area contributed by atoms with Crippen molar-refractivity contribution in [1.29, 1.82) is 0 Å². The fourth-order valence-electron chi connectivity index (χ4n) is 2.52. The van der Waals surface area contributed by atoms with E-state index in [1.54, 1.807) is 0 Å². The number of Topliss-reactive ketones (excluding diaryl/α,β-unsaturated/α-hetero) is 1. The van der Waals surface area contributed by atoms with Gasteiger partial charge in [0.1, 0.15) is 5.78 Å². The predicted octanol–water partition coefficient (Wildman–Crippen LogP) is 2.20. The highest BCUT2D eigenvalue weighted by Gasteiger charge is 2.16. The standard InChI is InChI=1S/C17H26N2O/c1-14(2)17(20)12-15-6-4-5-7-16(15)13-19-10-8-18(3)9-11-19/h4-7,14H,8-13H2,1-3H3. The molecule has 0 saturated carbocycles. The molecule has 3 heteroatoms. The third-order valence-corrected chi connectivity index (χ3v) is 4.12. The van der Waals surface area contributed by atoms with Crippen LogP contribution in [0, 0.1) is 5.92 Å². The Hall–Kier alpha value is -1.19. The monoisotopic (exact) mass is 274 g/mol. The molecule has 1 aliphatic rings. The fraction of sp³-hybridized carbons (Fsp3) is 0.588. The lowest BCUT2D eigenvalue weighted by Crippen LogP contribution is -2.44. The summed E-state index contributed by atoms with van der Waals surface area (Å²) in [5.41, 5.74) is 2.51. The van der Waals surface area contributed by atoms with E-state index in [-0.39, 0.29) is 5.92 Å². The first-order valence-electron chi connectivity index (χ1n) is 7.56. The van der Waals surface area contributed by atoms with Gasteiger partial charge in [0, 0.05) is 45.1 Å². The van der Waals surface area contributed by atoms with E-state index < -0.39 is 0 Å². The molecule has 0 N–H and O–H groups in total. The summed E-state index contributed by atoms with van der Waals surface area (Å²) in [6, 6.07) is 8.39. The minimum Gasteiger partial charge on any atom is -0.304 e. The van der Waals surface area contributed by atoms with Crippen LogP contribution in [-0.4, -0.2) is 48.8 Å². The average Bonchev–Trinajstić information content (AvgIpc) is 2.43. The zero-order chi connectivity index (χ0) is 14.5. The number of likely N-dealkylation sites (N-methyl/N-ethyl adjacent to an activating group) is 1. The highest BCUT2D eigenvalue weighted by atomic mass is 16.1. The number of carbonyl (C=O) groups is 1. The Morgan fingerprint density at radius 2 is 1.70 bits per heavy atom. The van der Waals surface area contributed by atoms with Crippen LogP contribution in [0.25, 0.3) is 0 Å². The van der Waals surface area contributed by atoms with Crippen LogP contribution in [0.3, 0.4) is 0 Å². The summed E-state index contributed by atoms with van der Waals surface area (Å²) in [5, 5.41) is 0. The van der Waals surface area contributed by atoms with Crippen molar-refractivity contribution in [1.82, 2.24) is 9.80 Å². The molecule has 0 atom stereocenters. The van der Waals surface area contributed by atoms with Crippen molar-refractivity contribution in [2.75, 3.05) is 33.2 Å². The van der Waals surface area contributed by atoms with Gasteiger partial charge in [-0.05, 0) is 18.2 Å². The molecule has 1 heterocycles. The van der Waals surface area contributed by atoms with Crippen molar-refractivity contribution in [2.24, 2.45) is 5.92 Å². The van der Waals surface area contributed by atoms with Gasteiger partial charge >= 0.3 is 0 Å². The van der Waals surface area contributed by atoms with Crippen molar-refractivity contribution >= 4 is 5.78 Å². The van der Waals surface area contributed by atoms with Crippen LogP contribution < -0.4 is 0 Å². The van der Waals surface area contributed by atoms with Gasteiger partial charge in [-0.3, -0.25) is 9.69 Å². The summed E-state index contributed by atoms with van der Waals surface area (Å²) in [5.74, 6) is 0.447. The van der Waals surface area contributed by atoms with Crippen LogP contribution in [0.4, 0.5) is 0 Å². The number of hydrogen-bond donors (Lipinski definition) is 0. The first-order chi connectivity index (χ1) is 9.56. The summed E-state index contributed by atoms with van der Waals surface area (Å²) in [6.45, 7) is 9.42. The molecule has 0 bridgehead atoms. The summed E-state index contributed by atoms with van der Waals surface area (Å²) < 4.78 is 0. The van der Waals surface area contributed by atoms with Gasteiger partial charge in [-0.1, -0.05) is 38.1 Å². The van der Waals surface area contributed by atoms with Crippen LogP contribution in [0.1, 0.15) is 25.0 Å². The maximum atomic E-state index is 12.0. The Kier molecular flexibility index (Phi) is 5.32. The molecule has 0 spiro atoms. The Morgan fingerprint density at radius 3 is 2.30 bits per heavy atom. The number of rotatable bonds is 5. The van der Waals surface area contributed by atoms with Gasteiger partial charge in [-0.15, -0.1) is 0 Å². The van der Waals surface area contributed by atoms with Crippen molar-refractivity contribution in [3.63, 3.8) is 0 Å². The van der Waals surface area contributed by atoms with E-state index in [0.717, 1.165) is 32.7 Å². The van der Waals surface area contributed by atoms with E-state index in [1.807, 2.05) is 19.9 Å².